The lowest BCUT2D eigenvalue weighted by Gasteiger charge is -2.24. The third kappa shape index (κ3) is 3.82. The van der Waals surface area contributed by atoms with Crippen molar-refractivity contribution in [3.05, 3.63) is 52.4 Å². The van der Waals surface area contributed by atoms with Gasteiger partial charge in [0.2, 0.25) is 0 Å². The fourth-order valence-corrected chi connectivity index (χ4v) is 2.10. The molecule has 120 valence electrons. The number of aromatic amines is 1. The van der Waals surface area contributed by atoms with E-state index in [9.17, 15) is 14.4 Å². The van der Waals surface area contributed by atoms with Crippen molar-refractivity contribution < 1.29 is 14.7 Å². The molecule has 0 saturated heterocycles. The summed E-state index contributed by atoms with van der Waals surface area (Å²) < 4.78 is 0. The Bertz CT molecular complexity index is 768. The van der Waals surface area contributed by atoms with Gasteiger partial charge in [-0.05, 0) is 38.1 Å². The Kier molecular flexibility index (Phi) is 4.90. The molecule has 0 aliphatic carbocycles. The molecule has 7 nitrogen and oxygen atoms in total. The average Bonchev–Trinajstić information content (AvgIpc) is 2.52. The van der Waals surface area contributed by atoms with Gasteiger partial charge < -0.3 is 15.0 Å². The molecule has 7 heteroatoms. The number of H-pyrrole nitrogens is 1. The fourth-order valence-electron chi connectivity index (χ4n) is 2.10. The second kappa shape index (κ2) is 6.87. The molecule has 0 aliphatic heterocycles. The van der Waals surface area contributed by atoms with Crippen molar-refractivity contribution in [2.75, 3.05) is 6.54 Å². The molecule has 2 N–H and O–H groups in total. The Morgan fingerprint density at radius 2 is 2.00 bits per heavy atom. The maximum Gasteiger partial charge on any atom is 0.323 e. The summed E-state index contributed by atoms with van der Waals surface area (Å²) in [6.45, 7) is 2.92. The summed E-state index contributed by atoms with van der Waals surface area (Å²) in [5.74, 6) is -1.75. The van der Waals surface area contributed by atoms with Crippen molar-refractivity contribution in [2.45, 2.75) is 19.9 Å². The number of carboxylic acid groups (broad SMARTS) is 1. The van der Waals surface area contributed by atoms with Crippen molar-refractivity contribution in [1.82, 2.24) is 14.9 Å². The molecule has 0 saturated carbocycles. The van der Waals surface area contributed by atoms with Gasteiger partial charge >= 0.3 is 5.97 Å². The maximum absolute atomic E-state index is 12.4. The summed E-state index contributed by atoms with van der Waals surface area (Å²) in [6.07, 6.45) is 1.60. The van der Waals surface area contributed by atoms with E-state index in [0.717, 1.165) is 4.90 Å². The number of aliphatic carboxylic acids is 1. The molecule has 23 heavy (non-hydrogen) atoms. The predicted molar refractivity (Wildman–Crippen MR) is 84.1 cm³/mol. The van der Waals surface area contributed by atoms with Gasteiger partial charge in [-0.1, -0.05) is 6.07 Å². The zero-order chi connectivity index (χ0) is 17.0. The van der Waals surface area contributed by atoms with Crippen LogP contribution >= 0.6 is 0 Å². The fraction of sp³-hybridized carbons (Fsp3) is 0.250. The molecule has 2 rings (SSSR count). The molecule has 2 heterocycles. The third-order valence-corrected chi connectivity index (χ3v) is 3.27. The molecular formula is C16H17N3O4. The molecule has 0 unspecified atom stereocenters. The second-order valence-electron chi connectivity index (χ2n) is 5.25. The molecule has 0 aliphatic rings. The highest BCUT2D eigenvalue weighted by Crippen LogP contribution is 2.13. The van der Waals surface area contributed by atoms with Crippen LogP contribution in [-0.2, 0) is 4.79 Å². The highest BCUT2D eigenvalue weighted by atomic mass is 16.4. The first-order chi connectivity index (χ1) is 10.9. The van der Waals surface area contributed by atoms with Crippen LogP contribution in [0.4, 0.5) is 0 Å². The minimum Gasteiger partial charge on any atom is -0.480 e. The van der Waals surface area contributed by atoms with Crippen LogP contribution in [0.5, 0.6) is 0 Å². The van der Waals surface area contributed by atoms with E-state index in [0.29, 0.717) is 11.4 Å². The molecule has 0 atom stereocenters. The van der Waals surface area contributed by atoms with Gasteiger partial charge in [0, 0.05) is 12.2 Å². The Morgan fingerprint density at radius 3 is 2.52 bits per heavy atom. The molecule has 0 spiro atoms. The number of carboxylic acids is 1. The van der Waals surface area contributed by atoms with Crippen molar-refractivity contribution in [2.24, 2.45) is 0 Å². The minimum absolute atomic E-state index is 0.0976. The Morgan fingerprint density at radius 1 is 1.26 bits per heavy atom. The van der Waals surface area contributed by atoms with E-state index < -0.39 is 24.0 Å². The van der Waals surface area contributed by atoms with E-state index in [1.54, 1.807) is 44.3 Å². The van der Waals surface area contributed by atoms with Crippen LogP contribution in [0.2, 0.25) is 0 Å². The summed E-state index contributed by atoms with van der Waals surface area (Å²) in [5.41, 5.74) is 0.394. The number of carbonyl (C=O) groups excluding carboxylic acids is 1. The van der Waals surface area contributed by atoms with Crippen LogP contribution in [0.1, 0.15) is 24.2 Å². The Labute approximate surface area is 132 Å². The van der Waals surface area contributed by atoms with Crippen molar-refractivity contribution >= 4 is 11.9 Å². The maximum atomic E-state index is 12.4. The molecule has 0 aromatic carbocycles. The normalized spacial score (nSPS) is 10.6. The number of hydrogen-bond acceptors (Lipinski definition) is 4. The molecule has 0 radical (unpaired) electrons. The zero-order valence-electron chi connectivity index (χ0n) is 12.8. The minimum atomic E-state index is -1.13. The Balaban J connectivity index is 2.35. The smallest absolute Gasteiger partial charge is 0.323 e. The molecule has 0 bridgehead atoms. The average molecular weight is 315 g/mol. The number of hydrogen-bond donors (Lipinski definition) is 2. The van der Waals surface area contributed by atoms with Crippen LogP contribution in [0.15, 0.2) is 41.3 Å². The van der Waals surface area contributed by atoms with Gasteiger partial charge in [0.05, 0.1) is 11.4 Å². The standard InChI is InChI=1S/C16H17N3O4/c1-10(2)19(9-14(20)21)16(23)11-6-7-13(18-15(11)22)12-5-3-4-8-17-12/h3-8,10H,9H2,1-2H3,(H,18,22)(H,20,21). The van der Waals surface area contributed by atoms with Crippen LogP contribution in [-0.4, -0.2) is 44.4 Å². The highest BCUT2D eigenvalue weighted by Gasteiger charge is 2.23. The number of rotatable bonds is 5. The monoisotopic (exact) mass is 315 g/mol. The first-order valence-electron chi connectivity index (χ1n) is 7.07. The van der Waals surface area contributed by atoms with E-state index in [2.05, 4.69) is 9.97 Å². The number of carbonyl (C=O) groups is 2. The van der Waals surface area contributed by atoms with Gasteiger partial charge in [0.1, 0.15) is 12.1 Å². The van der Waals surface area contributed by atoms with E-state index in [4.69, 9.17) is 5.11 Å². The summed E-state index contributed by atoms with van der Waals surface area (Å²) in [7, 11) is 0. The van der Waals surface area contributed by atoms with Crippen LogP contribution in [0, 0.1) is 0 Å². The topological polar surface area (TPSA) is 103 Å². The van der Waals surface area contributed by atoms with E-state index in [1.807, 2.05) is 0 Å². The van der Waals surface area contributed by atoms with E-state index in [1.165, 1.54) is 6.07 Å². The number of aromatic nitrogens is 2. The number of nitrogens with zero attached hydrogens (tertiary/aromatic N) is 2. The predicted octanol–water partition coefficient (Wildman–Crippen LogP) is 1.37. The second-order valence-corrected chi connectivity index (χ2v) is 5.25. The molecule has 0 fully saturated rings. The van der Waals surface area contributed by atoms with Gasteiger partial charge in [-0.15, -0.1) is 0 Å². The van der Waals surface area contributed by atoms with Crippen molar-refractivity contribution in [1.29, 1.82) is 0 Å². The molecule has 1 amide bonds. The number of nitrogens with one attached hydrogen (secondary N) is 1. The van der Waals surface area contributed by atoms with Gasteiger partial charge in [0.25, 0.3) is 11.5 Å². The van der Waals surface area contributed by atoms with Gasteiger partial charge in [0.15, 0.2) is 0 Å². The first kappa shape index (κ1) is 16.4. The quantitative estimate of drug-likeness (QED) is 0.867. The van der Waals surface area contributed by atoms with Crippen LogP contribution < -0.4 is 5.56 Å². The van der Waals surface area contributed by atoms with E-state index >= 15 is 0 Å². The molecule has 2 aromatic rings. The Hall–Kier alpha value is -2.96. The number of amides is 1. The zero-order valence-corrected chi connectivity index (χ0v) is 12.8. The summed E-state index contributed by atoms with van der Waals surface area (Å²) in [6, 6.07) is 7.91. The lowest BCUT2D eigenvalue weighted by atomic mass is 10.1. The molecule has 2 aromatic heterocycles. The van der Waals surface area contributed by atoms with E-state index in [-0.39, 0.29) is 11.6 Å². The molecular weight excluding hydrogens is 298 g/mol. The van der Waals surface area contributed by atoms with Crippen LogP contribution in [0.25, 0.3) is 11.4 Å². The number of pyridine rings is 2. The summed E-state index contributed by atoms with van der Waals surface area (Å²) in [4.78, 5) is 43.4. The SMILES string of the molecule is CC(C)N(CC(=O)O)C(=O)c1ccc(-c2ccccn2)[nH]c1=O. The van der Waals surface area contributed by atoms with Crippen molar-refractivity contribution in [3.8, 4) is 11.4 Å². The van der Waals surface area contributed by atoms with Crippen LogP contribution in [0.3, 0.4) is 0 Å². The van der Waals surface area contributed by atoms with Gasteiger partial charge in [-0.2, -0.15) is 0 Å². The third-order valence-electron chi connectivity index (χ3n) is 3.27. The first-order valence-corrected chi connectivity index (χ1v) is 7.07. The highest BCUT2D eigenvalue weighted by molar-refractivity contribution is 5.95. The lowest BCUT2D eigenvalue weighted by molar-refractivity contribution is -0.138. The summed E-state index contributed by atoms with van der Waals surface area (Å²) >= 11 is 0. The largest absolute Gasteiger partial charge is 0.480 e. The van der Waals surface area contributed by atoms with Crippen molar-refractivity contribution in [3.63, 3.8) is 0 Å². The lowest BCUT2D eigenvalue weighted by Crippen LogP contribution is -2.42. The van der Waals surface area contributed by atoms with Gasteiger partial charge in [-0.25, -0.2) is 0 Å². The summed E-state index contributed by atoms with van der Waals surface area (Å²) in [5, 5.41) is 8.90. The van der Waals surface area contributed by atoms with Gasteiger partial charge in [-0.3, -0.25) is 19.4 Å².